The van der Waals surface area contributed by atoms with Crippen molar-refractivity contribution in [2.75, 3.05) is 20.0 Å². The second kappa shape index (κ2) is 10.9. The molecule has 7 nitrogen and oxygen atoms in total. The summed E-state index contributed by atoms with van der Waals surface area (Å²) in [6.07, 6.45) is -0.421. The van der Waals surface area contributed by atoms with E-state index in [0.29, 0.717) is 33.8 Å². The maximum Gasteiger partial charge on any atom is 0.196 e. The van der Waals surface area contributed by atoms with Crippen molar-refractivity contribution in [3.8, 4) is 22.9 Å². The molecule has 1 unspecified atom stereocenters. The van der Waals surface area contributed by atoms with Gasteiger partial charge in [0.15, 0.2) is 34.4 Å². The van der Waals surface area contributed by atoms with E-state index in [4.69, 9.17) is 14.2 Å². The van der Waals surface area contributed by atoms with Crippen LogP contribution in [0.3, 0.4) is 0 Å². The van der Waals surface area contributed by atoms with Crippen LogP contribution < -0.4 is 14.2 Å². The highest BCUT2D eigenvalue weighted by molar-refractivity contribution is 7.99. The van der Waals surface area contributed by atoms with Crippen LogP contribution in [0, 0.1) is 0 Å². The van der Waals surface area contributed by atoms with E-state index in [-0.39, 0.29) is 11.5 Å². The van der Waals surface area contributed by atoms with Crippen LogP contribution in [0.15, 0.2) is 84.0 Å². The first-order chi connectivity index (χ1) is 16.6. The van der Waals surface area contributed by atoms with E-state index in [9.17, 15) is 4.79 Å². The molecule has 0 N–H and O–H groups in total. The molecule has 1 heterocycles. The first kappa shape index (κ1) is 23.4. The van der Waals surface area contributed by atoms with Gasteiger partial charge in [0.2, 0.25) is 0 Å². The van der Waals surface area contributed by atoms with E-state index in [2.05, 4.69) is 10.2 Å². The number of ether oxygens (including phenoxy) is 3. The van der Waals surface area contributed by atoms with Gasteiger partial charge in [-0.15, -0.1) is 10.2 Å². The molecule has 8 heteroatoms. The van der Waals surface area contributed by atoms with Crippen molar-refractivity contribution < 1.29 is 19.0 Å². The highest BCUT2D eigenvalue weighted by Crippen LogP contribution is 2.32. The molecule has 1 atom stereocenters. The predicted octanol–water partition coefficient (Wildman–Crippen LogP) is 5.40. The van der Waals surface area contributed by atoms with Crippen molar-refractivity contribution in [3.63, 3.8) is 0 Å². The number of ketones is 1. The van der Waals surface area contributed by atoms with Crippen molar-refractivity contribution in [2.45, 2.75) is 18.2 Å². The van der Waals surface area contributed by atoms with Crippen LogP contribution in [0.1, 0.15) is 29.2 Å². The van der Waals surface area contributed by atoms with Crippen molar-refractivity contribution in [1.82, 2.24) is 14.8 Å². The zero-order valence-electron chi connectivity index (χ0n) is 19.2. The van der Waals surface area contributed by atoms with Crippen LogP contribution in [0.4, 0.5) is 0 Å². The van der Waals surface area contributed by atoms with Crippen LogP contribution in [-0.2, 0) is 0 Å². The molecule has 0 fully saturated rings. The van der Waals surface area contributed by atoms with Gasteiger partial charge < -0.3 is 14.2 Å². The lowest BCUT2D eigenvalue weighted by atomic mass is 10.1. The first-order valence-electron chi connectivity index (χ1n) is 10.7. The van der Waals surface area contributed by atoms with Gasteiger partial charge >= 0.3 is 0 Å². The fourth-order valence-corrected chi connectivity index (χ4v) is 4.26. The molecule has 0 bridgehead atoms. The van der Waals surface area contributed by atoms with E-state index in [1.807, 2.05) is 66.1 Å². The lowest BCUT2D eigenvalue weighted by Crippen LogP contribution is -2.12. The van der Waals surface area contributed by atoms with Crippen LogP contribution in [0.2, 0.25) is 0 Å². The molecular formula is C26H25N3O4S. The van der Waals surface area contributed by atoms with E-state index in [0.717, 1.165) is 5.69 Å². The maximum atomic E-state index is 12.8. The third kappa shape index (κ3) is 5.23. The number of aromatic nitrogens is 3. The molecule has 0 radical (unpaired) electrons. The smallest absolute Gasteiger partial charge is 0.196 e. The monoisotopic (exact) mass is 475 g/mol. The molecule has 174 valence electrons. The predicted molar refractivity (Wildman–Crippen MR) is 131 cm³/mol. The minimum Gasteiger partial charge on any atom is -0.497 e. The second-order valence-electron chi connectivity index (χ2n) is 7.36. The Kier molecular flexibility index (Phi) is 7.49. The standard InChI is InChI=1S/C26H25N3O4S/c1-18(33-24-12-8-7-11-23(24)32-3)25-27-28-26(29(25)20-9-5-4-6-10-20)34-17-22(30)19-13-15-21(31-2)16-14-19/h4-16,18H,17H2,1-3H3. The summed E-state index contributed by atoms with van der Waals surface area (Å²) in [6.45, 7) is 1.91. The van der Waals surface area contributed by atoms with Gasteiger partial charge in [0.05, 0.1) is 20.0 Å². The SMILES string of the molecule is COc1ccc(C(=O)CSc2nnc(C(C)Oc3ccccc3OC)n2-c2ccccc2)cc1. The highest BCUT2D eigenvalue weighted by atomic mass is 32.2. The number of para-hydroxylation sites is 3. The number of hydrogen-bond donors (Lipinski definition) is 0. The molecule has 0 saturated heterocycles. The Balaban J connectivity index is 1.58. The lowest BCUT2D eigenvalue weighted by Gasteiger charge is -2.18. The molecule has 0 amide bonds. The molecule has 0 aliphatic carbocycles. The summed E-state index contributed by atoms with van der Waals surface area (Å²) in [4.78, 5) is 12.8. The Morgan fingerprint density at radius 1 is 0.882 bits per heavy atom. The van der Waals surface area contributed by atoms with Crippen molar-refractivity contribution in [2.24, 2.45) is 0 Å². The van der Waals surface area contributed by atoms with Crippen LogP contribution >= 0.6 is 11.8 Å². The summed E-state index contributed by atoms with van der Waals surface area (Å²) in [5, 5.41) is 9.41. The Morgan fingerprint density at radius 3 is 2.24 bits per heavy atom. The molecular weight excluding hydrogens is 450 g/mol. The summed E-state index contributed by atoms with van der Waals surface area (Å²) in [6, 6.07) is 24.3. The number of carbonyl (C=O) groups is 1. The van der Waals surface area contributed by atoms with E-state index < -0.39 is 6.10 Å². The Labute approximate surface area is 202 Å². The maximum absolute atomic E-state index is 12.8. The number of carbonyl (C=O) groups excluding carboxylic acids is 1. The van der Waals surface area contributed by atoms with Crippen LogP contribution in [-0.4, -0.2) is 40.5 Å². The Hall–Kier alpha value is -3.78. The average molecular weight is 476 g/mol. The second-order valence-corrected chi connectivity index (χ2v) is 8.31. The summed E-state index contributed by atoms with van der Waals surface area (Å²) < 4.78 is 18.7. The number of rotatable bonds is 10. The van der Waals surface area contributed by atoms with Gasteiger partial charge in [-0.3, -0.25) is 9.36 Å². The van der Waals surface area contributed by atoms with Crippen molar-refractivity contribution in [1.29, 1.82) is 0 Å². The summed E-state index contributed by atoms with van der Waals surface area (Å²) >= 11 is 1.34. The quantitative estimate of drug-likeness (QED) is 0.225. The summed E-state index contributed by atoms with van der Waals surface area (Å²) in [7, 11) is 3.20. The molecule has 1 aromatic heterocycles. The first-order valence-corrected chi connectivity index (χ1v) is 11.7. The average Bonchev–Trinajstić information content (AvgIpc) is 3.32. The fourth-order valence-electron chi connectivity index (χ4n) is 3.41. The van der Waals surface area contributed by atoms with E-state index >= 15 is 0 Å². The zero-order chi connectivity index (χ0) is 23.9. The van der Waals surface area contributed by atoms with E-state index in [1.54, 1.807) is 38.5 Å². The van der Waals surface area contributed by atoms with Gasteiger partial charge in [0, 0.05) is 11.3 Å². The van der Waals surface area contributed by atoms with Gasteiger partial charge in [-0.05, 0) is 55.5 Å². The molecule has 0 saturated carbocycles. The van der Waals surface area contributed by atoms with Gasteiger partial charge in [-0.25, -0.2) is 0 Å². The minimum atomic E-state index is -0.421. The number of hydrogen-bond acceptors (Lipinski definition) is 7. The molecule has 34 heavy (non-hydrogen) atoms. The number of Topliss-reactive ketones (excluding diaryl/α,β-unsaturated/α-hetero) is 1. The number of thioether (sulfide) groups is 1. The van der Waals surface area contributed by atoms with Crippen LogP contribution in [0.5, 0.6) is 17.2 Å². The van der Waals surface area contributed by atoms with Gasteiger partial charge in [-0.1, -0.05) is 42.1 Å². The molecule has 0 aliphatic rings. The largest absolute Gasteiger partial charge is 0.497 e. The molecule has 0 aliphatic heterocycles. The third-order valence-corrected chi connectivity index (χ3v) is 6.08. The number of nitrogens with zero attached hydrogens (tertiary/aromatic N) is 3. The molecule has 4 rings (SSSR count). The molecule has 0 spiro atoms. The highest BCUT2D eigenvalue weighted by Gasteiger charge is 2.22. The van der Waals surface area contributed by atoms with Gasteiger partial charge in [0.25, 0.3) is 0 Å². The van der Waals surface area contributed by atoms with Gasteiger partial charge in [0.1, 0.15) is 5.75 Å². The fraction of sp³-hybridized carbons (Fsp3) is 0.192. The lowest BCUT2D eigenvalue weighted by molar-refractivity contribution is 0.102. The normalized spacial score (nSPS) is 11.6. The summed E-state index contributed by atoms with van der Waals surface area (Å²) in [5.41, 5.74) is 1.50. The Morgan fingerprint density at radius 2 is 1.56 bits per heavy atom. The zero-order valence-corrected chi connectivity index (χ0v) is 20.0. The summed E-state index contributed by atoms with van der Waals surface area (Å²) in [5.74, 6) is 2.80. The molecule has 4 aromatic rings. The van der Waals surface area contributed by atoms with Crippen molar-refractivity contribution >= 4 is 17.5 Å². The number of methoxy groups -OCH3 is 2. The van der Waals surface area contributed by atoms with Crippen LogP contribution in [0.25, 0.3) is 5.69 Å². The number of benzene rings is 3. The minimum absolute atomic E-state index is 0.00450. The van der Waals surface area contributed by atoms with Gasteiger partial charge in [-0.2, -0.15) is 0 Å². The van der Waals surface area contributed by atoms with E-state index in [1.165, 1.54) is 11.8 Å². The van der Waals surface area contributed by atoms with Crippen molar-refractivity contribution in [3.05, 3.63) is 90.3 Å². The third-order valence-electron chi connectivity index (χ3n) is 5.15. The Bertz CT molecular complexity index is 1240. The topological polar surface area (TPSA) is 75.5 Å². The molecule has 3 aromatic carbocycles.